The highest BCUT2D eigenvalue weighted by Gasteiger charge is 2.33. The highest BCUT2D eigenvalue weighted by Crippen LogP contribution is 2.19. The van der Waals surface area contributed by atoms with Crippen LogP contribution in [0.3, 0.4) is 0 Å². The molecule has 0 aromatic heterocycles. The number of carbonyl (C=O) groups excluding carboxylic acids is 2. The van der Waals surface area contributed by atoms with Gasteiger partial charge in [0.15, 0.2) is 9.84 Å². The Bertz CT molecular complexity index is 497. The number of likely N-dealkylation sites (tertiary alicyclic amines) is 1. The molecule has 6 nitrogen and oxygen atoms in total. The minimum Gasteiger partial charge on any atom is -0.343 e. The van der Waals surface area contributed by atoms with Crippen molar-refractivity contribution >= 4 is 21.7 Å². The Morgan fingerprint density at radius 2 is 1.86 bits per heavy atom. The second-order valence-electron chi connectivity index (χ2n) is 5.96. The first-order valence-electron chi connectivity index (χ1n) is 7.64. The average Bonchev–Trinajstić information content (AvgIpc) is 2.79. The number of rotatable bonds is 4. The van der Waals surface area contributed by atoms with Crippen LogP contribution in [0.25, 0.3) is 0 Å². The van der Waals surface area contributed by atoms with E-state index < -0.39 is 9.84 Å². The summed E-state index contributed by atoms with van der Waals surface area (Å²) < 4.78 is 23.1. The van der Waals surface area contributed by atoms with Gasteiger partial charge in [0, 0.05) is 39.0 Å². The number of sulfone groups is 1. The van der Waals surface area contributed by atoms with E-state index in [0.29, 0.717) is 13.0 Å². The Labute approximate surface area is 126 Å². The number of hydrogen-bond acceptors (Lipinski definition) is 4. The quantitative estimate of drug-likeness (QED) is 0.753. The molecule has 0 aromatic rings. The van der Waals surface area contributed by atoms with Crippen molar-refractivity contribution in [3.63, 3.8) is 0 Å². The Kier molecular flexibility index (Phi) is 5.24. The van der Waals surface area contributed by atoms with Crippen molar-refractivity contribution in [1.82, 2.24) is 9.80 Å². The molecule has 2 amide bonds. The maximum absolute atomic E-state index is 12.1. The standard InChI is InChI=1S/C14H24N2O4S/c1-12(17)16(13-6-10-21(19,20)11-13)9-5-14(18)15-7-3-2-4-8-15/h13H,2-11H2,1H3. The number of carbonyl (C=O) groups is 2. The largest absolute Gasteiger partial charge is 0.343 e. The van der Waals surface area contributed by atoms with Gasteiger partial charge >= 0.3 is 0 Å². The molecule has 0 aromatic carbocycles. The fraction of sp³-hybridized carbons (Fsp3) is 0.857. The summed E-state index contributed by atoms with van der Waals surface area (Å²) in [6.07, 6.45) is 4.03. The Morgan fingerprint density at radius 1 is 1.19 bits per heavy atom. The van der Waals surface area contributed by atoms with Crippen LogP contribution in [0.15, 0.2) is 0 Å². The summed E-state index contributed by atoms with van der Waals surface area (Å²) in [5.74, 6) is 0.0942. The van der Waals surface area contributed by atoms with E-state index in [2.05, 4.69) is 0 Å². The number of piperidine rings is 1. The fourth-order valence-corrected chi connectivity index (χ4v) is 4.87. The van der Waals surface area contributed by atoms with Gasteiger partial charge in [-0.2, -0.15) is 0 Å². The summed E-state index contributed by atoms with van der Waals surface area (Å²) in [4.78, 5) is 27.3. The third-order valence-corrected chi connectivity index (χ3v) is 6.08. The molecule has 0 aliphatic carbocycles. The van der Waals surface area contributed by atoms with Crippen LogP contribution in [0.5, 0.6) is 0 Å². The first kappa shape index (κ1) is 16.3. The minimum atomic E-state index is -3.02. The van der Waals surface area contributed by atoms with Crippen LogP contribution in [-0.2, 0) is 19.4 Å². The Hall–Kier alpha value is -1.11. The molecule has 0 spiro atoms. The predicted octanol–water partition coefficient (Wildman–Crippen LogP) is 0.425. The molecule has 0 bridgehead atoms. The lowest BCUT2D eigenvalue weighted by molar-refractivity contribution is -0.135. The van der Waals surface area contributed by atoms with Crippen LogP contribution < -0.4 is 0 Å². The summed E-state index contributed by atoms with van der Waals surface area (Å²) in [6.45, 7) is 3.37. The van der Waals surface area contributed by atoms with Gasteiger partial charge in [0.05, 0.1) is 11.5 Å². The van der Waals surface area contributed by atoms with Gasteiger partial charge in [0.1, 0.15) is 0 Å². The first-order valence-corrected chi connectivity index (χ1v) is 9.46. The van der Waals surface area contributed by atoms with Gasteiger partial charge in [-0.05, 0) is 25.7 Å². The lowest BCUT2D eigenvalue weighted by Gasteiger charge is -2.30. The smallest absolute Gasteiger partial charge is 0.224 e. The molecule has 2 rings (SSSR count). The van der Waals surface area contributed by atoms with Crippen molar-refractivity contribution in [3.05, 3.63) is 0 Å². The lowest BCUT2D eigenvalue weighted by Crippen LogP contribution is -2.43. The molecule has 2 aliphatic rings. The van der Waals surface area contributed by atoms with Crippen LogP contribution >= 0.6 is 0 Å². The second kappa shape index (κ2) is 6.77. The van der Waals surface area contributed by atoms with E-state index in [0.717, 1.165) is 25.9 Å². The van der Waals surface area contributed by atoms with Crippen molar-refractivity contribution in [2.24, 2.45) is 0 Å². The van der Waals surface area contributed by atoms with E-state index in [1.807, 2.05) is 4.90 Å². The van der Waals surface area contributed by atoms with Gasteiger partial charge in [-0.25, -0.2) is 8.42 Å². The molecular weight excluding hydrogens is 292 g/mol. The molecule has 1 atom stereocenters. The highest BCUT2D eigenvalue weighted by molar-refractivity contribution is 7.91. The number of hydrogen-bond donors (Lipinski definition) is 0. The van der Waals surface area contributed by atoms with Crippen LogP contribution in [0.4, 0.5) is 0 Å². The predicted molar refractivity (Wildman–Crippen MR) is 79.5 cm³/mol. The van der Waals surface area contributed by atoms with E-state index in [9.17, 15) is 18.0 Å². The third kappa shape index (κ3) is 4.43. The molecule has 21 heavy (non-hydrogen) atoms. The molecule has 0 N–H and O–H groups in total. The van der Waals surface area contributed by atoms with Gasteiger partial charge in [-0.15, -0.1) is 0 Å². The molecule has 2 heterocycles. The van der Waals surface area contributed by atoms with Crippen LogP contribution in [0.1, 0.15) is 39.0 Å². The molecule has 0 radical (unpaired) electrons. The first-order chi connectivity index (χ1) is 9.89. The molecule has 2 fully saturated rings. The second-order valence-corrected chi connectivity index (χ2v) is 8.19. The summed E-state index contributed by atoms with van der Waals surface area (Å²) in [5.41, 5.74) is 0. The number of nitrogens with zero attached hydrogens (tertiary/aromatic N) is 2. The van der Waals surface area contributed by atoms with E-state index in [-0.39, 0.29) is 35.8 Å². The third-order valence-electron chi connectivity index (χ3n) is 4.33. The summed E-state index contributed by atoms with van der Waals surface area (Å²) >= 11 is 0. The molecular formula is C14H24N2O4S. The zero-order valence-electron chi connectivity index (χ0n) is 12.6. The van der Waals surface area contributed by atoms with Crippen molar-refractivity contribution in [1.29, 1.82) is 0 Å². The van der Waals surface area contributed by atoms with E-state index >= 15 is 0 Å². The molecule has 2 saturated heterocycles. The van der Waals surface area contributed by atoms with Gasteiger partial charge in [0.25, 0.3) is 0 Å². The molecule has 7 heteroatoms. The average molecular weight is 316 g/mol. The van der Waals surface area contributed by atoms with E-state index in [1.165, 1.54) is 13.3 Å². The molecule has 0 saturated carbocycles. The fourth-order valence-electron chi connectivity index (χ4n) is 3.14. The van der Waals surface area contributed by atoms with Crippen LogP contribution in [0, 0.1) is 0 Å². The molecule has 2 aliphatic heterocycles. The zero-order chi connectivity index (χ0) is 15.5. The SMILES string of the molecule is CC(=O)N(CCC(=O)N1CCCCC1)C1CCS(=O)(=O)C1. The molecule has 120 valence electrons. The van der Waals surface area contributed by atoms with Gasteiger partial charge in [0.2, 0.25) is 11.8 Å². The van der Waals surface area contributed by atoms with E-state index in [1.54, 1.807) is 4.90 Å². The zero-order valence-corrected chi connectivity index (χ0v) is 13.4. The summed E-state index contributed by atoms with van der Waals surface area (Å²) in [7, 11) is -3.02. The number of amides is 2. The monoisotopic (exact) mass is 316 g/mol. The summed E-state index contributed by atoms with van der Waals surface area (Å²) in [6, 6.07) is -0.262. The van der Waals surface area contributed by atoms with Crippen LogP contribution in [-0.4, -0.2) is 67.2 Å². The van der Waals surface area contributed by atoms with E-state index in [4.69, 9.17) is 0 Å². The Morgan fingerprint density at radius 3 is 2.38 bits per heavy atom. The maximum atomic E-state index is 12.1. The topological polar surface area (TPSA) is 74.8 Å². The molecule has 1 unspecified atom stereocenters. The lowest BCUT2D eigenvalue weighted by atomic mass is 10.1. The van der Waals surface area contributed by atoms with Crippen molar-refractivity contribution in [2.45, 2.75) is 45.1 Å². The van der Waals surface area contributed by atoms with Crippen LogP contribution in [0.2, 0.25) is 0 Å². The Balaban J connectivity index is 1.88. The summed E-state index contributed by atoms with van der Waals surface area (Å²) in [5, 5.41) is 0. The maximum Gasteiger partial charge on any atom is 0.224 e. The van der Waals surface area contributed by atoms with Gasteiger partial charge in [-0.1, -0.05) is 0 Å². The van der Waals surface area contributed by atoms with Crippen molar-refractivity contribution < 1.29 is 18.0 Å². The van der Waals surface area contributed by atoms with Gasteiger partial charge < -0.3 is 9.80 Å². The van der Waals surface area contributed by atoms with Crippen molar-refractivity contribution in [2.75, 3.05) is 31.1 Å². The van der Waals surface area contributed by atoms with Crippen molar-refractivity contribution in [3.8, 4) is 0 Å². The minimum absolute atomic E-state index is 0.0322. The van der Waals surface area contributed by atoms with Gasteiger partial charge in [-0.3, -0.25) is 9.59 Å². The highest BCUT2D eigenvalue weighted by atomic mass is 32.2. The normalized spacial score (nSPS) is 24.8.